The van der Waals surface area contributed by atoms with Gasteiger partial charge in [-0.1, -0.05) is 26.7 Å². The Morgan fingerprint density at radius 2 is 1.84 bits per heavy atom. The molecule has 0 spiro atoms. The van der Waals surface area contributed by atoms with Gasteiger partial charge >= 0.3 is 0 Å². The van der Waals surface area contributed by atoms with Crippen molar-refractivity contribution in [2.24, 2.45) is 10.9 Å². The third kappa shape index (κ3) is 8.88. The maximum atomic E-state index is 5.53. The van der Waals surface area contributed by atoms with Crippen LogP contribution in [-0.2, 0) is 9.47 Å². The third-order valence-corrected chi connectivity index (χ3v) is 5.02. The maximum Gasteiger partial charge on any atom is 0.191 e. The predicted molar refractivity (Wildman–Crippen MR) is 105 cm³/mol. The van der Waals surface area contributed by atoms with Crippen LogP contribution in [0, 0.1) is 5.92 Å². The molecule has 0 aromatic heterocycles. The van der Waals surface area contributed by atoms with E-state index in [0.717, 1.165) is 71.4 Å². The van der Waals surface area contributed by atoms with Crippen LogP contribution in [0.2, 0.25) is 0 Å². The Morgan fingerprint density at radius 3 is 2.44 bits per heavy atom. The molecule has 0 bridgehead atoms. The minimum absolute atomic E-state index is 0.537. The Kier molecular flexibility index (Phi) is 12.7. The highest BCUT2D eigenvalue weighted by atomic mass is 16.5. The minimum Gasteiger partial charge on any atom is -0.382 e. The van der Waals surface area contributed by atoms with Gasteiger partial charge in [0.05, 0.1) is 13.2 Å². The average molecular weight is 357 g/mol. The molecular formula is C19H40N4O2. The summed E-state index contributed by atoms with van der Waals surface area (Å²) in [6.07, 6.45) is 4.61. The van der Waals surface area contributed by atoms with Gasteiger partial charge in [0.2, 0.25) is 0 Å². The molecule has 1 aliphatic heterocycles. The number of unbranched alkanes of at least 4 members (excludes halogenated alkanes) is 1. The molecule has 148 valence electrons. The number of aliphatic imine (C=N–C) groups is 1. The van der Waals surface area contributed by atoms with Crippen LogP contribution in [0.15, 0.2) is 4.99 Å². The van der Waals surface area contributed by atoms with Crippen molar-refractivity contribution in [2.75, 3.05) is 59.7 Å². The fourth-order valence-electron chi connectivity index (χ4n) is 3.44. The lowest BCUT2D eigenvalue weighted by Gasteiger charge is -2.39. The molecule has 25 heavy (non-hydrogen) atoms. The normalized spacial score (nSPS) is 17.7. The Bertz CT molecular complexity index is 342. The molecule has 0 aromatic carbocycles. The zero-order valence-electron chi connectivity index (χ0n) is 16.9. The first kappa shape index (κ1) is 22.2. The topological polar surface area (TPSA) is 58.1 Å². The summed E-state index contributed by atoms with van der Waals surface area (Å²) in [6, 6.07) is 0.537. The van der Waals surface area contributed by atoms with Crippen LogP contribution in [0.25, 0.3) is 0 Å². The highest BCUT2D eigenvalue weighted by molar-refractivity contribution is 5.79. The highest BCUT2D eigenvalue weighted by Crippen LogP contribution is 2.19. The van der Waals surface area contributed by atoms with E-state index in [-0.39, 0.29) is 0 Å². The van der Waals surface area contributed by atoms with E-state index in [9.17, 15) is 0 Å². The number of hydrogen-bond donors (Lipinski definition) is 2. The number of hydrogen-bond acceptors (Lipinski definition) is 4. The lowest BCUT2D eigenvalue weighted by atomic mass is 9.92. The van der Waals surface area contributed by atoms with E-state index in [0.29, 0.717) is 12.0 Å². The van der Waals surface area contributed by atoms with Crippen molar-refractivity contribution < 1.29 is 9.47 Å². The molecular weight excluding hydrogens is 316 g/mol. The van der Waals surface area contributed by atoms with Crippen LogP contribution < -0.4 is 10.6 Å². The SMILES string of the molecule is CCOCCCCNC(=NC)NCC(C(CC)CC)N1CCOCC1. The Balaban J connectivity index is 2.41. The predicted octanol–water partition coefficient (Wildman–Crippen LogP) is 2.11. The van der Waals surface area contributed by atoms with Crippen LogP contribution in [0.4, 0.5) is 0 Å². The van der Waals surface area contributed by atoms with Crippen molar-refractivity contribution in [1.82, 2.24) is 15.5 Å². The summed E-state index contributed by atoms with van der Waals surface area (Å²) in [5, 5.41) is 6.96. The number of morpholine rings is 1. The molecule has 6 heteroatoms. The van der Waals surface area contributed by atoms with Crippen LogP contribution >= 0.6 is 0 Å². The summed E-state index contributed by atoms with van der Waals surface area (Å²) in [7, 11) is 1.84. The number of rotatable bonds is 12. The van der Waals surface area contributed by atoms with Gasteiger partial charge in [-0.25, -0.2) is 0 Å². The van der Waals surface area contributed by atoms with Gasteiger partial charge in [0.15, 0.2) is 5.96 Å². The number of nitrogens with zero attached hydrogens (tertiary/aromatic N) is 2. The molecule has 0 amide bonds. The standard InChI is InChI=1S/C19H40N4O2/c1-5-17(6-2)18(23-11-14-25-15-12-23)16-22-19(20-4)21-10-8-9-13-24-7-3/h17-18H,5-16H2,1-4H3,(H2,20,21,22). The van der Waals surface area contributed by atoms with E-state index in [1.54, 1.807) is 0 Å². The van der Waals surface area contributed by atoms with Crippen molar-refractivity contribution in [2.45, 2.75) is 52.5 Å². The number of ether oxygens (including phenoxy) is 2. The van der Waals surface area contributed by atoms with Gasteiger partial charge in [-0.3, -0.25) is 9.89 Å². The largest absolute Gasteiger partial charge is 0.382 e. The fraction of sp³-hybridized carbons (Fsp3) is 0.947. The van der Waals surface area contributed by atoms with Gasteiger partial charge in [0.1, 0.15) is 0 Å². The van der Waals surface area contributed by atoms with Crippen LogP contribution in [0.5, 0.6) is 0 Å². The number of guanidine groups is 1. The lowest BCUT2D eigenvalue weighted by molar-refractivity contribution is 0.00272. The van der Waals surface area contributed by atoms with Crippen molar-refractivity contribution >= 4 is 5.96 Å². The van der Waals surface area contributed by atoms with E-state index >= 15 is 0 Å². The smallest absolute Gasteiger partial charge is 0.191 e. The first-order valence-electron chi connectivity index (χ1n) is 10.1. The van der Waals surface area contributed by atoms with Crippen LogP contribution in [0.1, 0.15) is 46.5 Å². The molecule has 6 nitrogen and oxygen atoms in total. The molecule has 1 unspecified atom stereocenters. The highest BCUT2D eigenvalue weighted by Gasteiger charge is 2.26. The second kappa shape index (κ2) is 14.3. The molecule has 1 heterocycles. The summed E-state index contributed by atoms with van der Waals surface area (Å²) in [5.74, 6) is 1.61. The minimum atomic E-state index is 0.537. The summed E-state index contributed by atoms with van der Waals surface area (Å²) in [5.41, 5.74) is 0. The first-order valence-corrected chi connectivity index (χ1v) is 10.1. The Morgan fingerprint density at radius 1 is 1.12 bits per heavy atom. The molecule has 0 radical (unpaired) electrons. The third-order valence-electron chi connectivity index (χ3n) is 5.02. The molecule has 1 rings (SSSR count). The maximum absolute atomic E-state index is 5.53. The summed E-state index contributed by atoms with van der Waals surface area (Å²) < 4.78 is 10.9. The fourth-order valence-corrected chi connectivity index (χ4v) is 3.44. The monoisotopic (exact) mass is 356 g/mol. The lowest BCUT2D eigenvalue weighted by Crippen LogP contribution is -2.53. The van der Waals surface area contributed by atoms with E-state index in [1.807, 2.05) is 14.0 Å². The van der Waals surface area contributed by atoms with Crippen molar-refractivity contribution in [1.29, 1.82) is 0 Å². The van der Waals surface area contributed by atoms with Gasteiger partial charge in [-0.05, 0) is 25.7 Å². The molecule has 0 aliphatic carbocycles. The molecule has 1 fully saturated rings. The van der Waals surface area contributed by atoms with Crippen LogP contribution in [-0.4, -0.2) is 76.6 Å². The second-order valence-electron chi connectivity index (χ2n) is 6.58. The summed E-state index contributed by atoms with van der Waals surface area (Å²) in [6.45, 7) is 13.9. The van der Waals surface area contributed by atoms with E-state index in [1.165, 1.54) is 12.8 Å². The zero-order chi connectivity index (χ0) is 18.3. The molecule has 1 aliphatic rings. The molecule has 2 N–H and O–H groups in total. The molecule has 0 saturated carbocycles. The van der Waals surface area contributed by atoms with Crippen molar-refractivity contribution in [3.05, 3.63) is 0 Å². The Hall–Kier alpha value is -0.850. The van der Waals surface area contributed by atoms with E-state index in [2.05, 4.69) is 34.4 Å². The summed E-state index contributed by atoms with van der Waals surface area (Å²) >= 11 is 0. The molecule has 1 saturated heterocycles. The van der Waals surface area contributed by atoms with Crippen LogP contribution in [0.3, 0.4) is 0 Å². The summed E-state index contributed by atoms with van der Waals surface area (Å²) in [4.78, 5) is 6.96. The molecule has 1 atom stereocenters. The second-order valence-corrected chi connectivity index (χ2v) is 6.58. The van der Waals surface area contributed by atoms with E-state index in [4.69, 9.17) is 9.47 Å². The Labute approximate surface area is 154 Å². The van der Waals surface area contributed by atoms with Gasteiger partial charge in [-0.15, -0.1) is 0 Å². The van der Waals surface area contributed by atoms with Crippen molar-refractivity contribution in [3.63, 3.8) is 0 Å². The van der Waals surface area contributed by atoms with Crippen molar-refractivity contribution in [3.8, 4) is 0 Å². The van der Waals surface area contributed by atoms with Gasteiger partial charge in [0, 0.05) is 52.5 Å². The quantitative estimate of drug-likeness (QED) is 0.319. The zero-order valence-corrected chi connectivity index (χ0v) is 16.9. The first-order chi connectivity index (χ1) is 12.3. The van der Waals surface area contributed by atoms with Gasteiger partial charge in [-0.2, -0.15) is 0 Å². The van der Waals surface area contributed by atoms with Gasteiger partial charge in [0.25, 0.3) is 0 Å². The average Bonchev–Trinajstić information content (AvgIpc) is 2.66. The number of nitrogens with one attached hydrogen (secondary N) is 2. The molecule has 0 aromatic rings. The van der Waals surface area contributed by atoms with E-state index < -0.39 is 0 Å². The van der Waals surface area contributed by atoms with Gasteiger partial charge < -0.3 is 20.1 Å².